The summed E-state index contributed by atoms with van der Waals surface area (Å²) in [4.78, 5) is 24.1. The molecular formula is C19H29N3O4. The van der Waals surface area contributed by atoms with E-state index in [1.807, 2.05) is 12.1 Å². The summed E-state index contributed by atoms with van der Waals surface area (Å²) in [6.07, 6.45) is 4.92. The van der Waals surface area contributed by atoms with Crippen LogP contribution in [0, 0.1) is 0 Å². The number of carbonyl (C=O) groups is 2. The van der Waals surface area contributed by atoms with E-state index in [2.05, 4.69) is 29.0 Å². The van der Waals surface area contributed by atoms with Gasteiger partial charge in [0, 0.05) is 37.5 Å². The van der Waals surface area contributed by atoms with Gasteiger partial charge in [0.2, 0.25) is 0 Å². The molecule has 0 saturated carbocycles. The lowest BCUT2D eigenvalue weighted by atomic mass is 10.1. The van der Waals surface area contributed by atoms with Crippen molar-refractivity contribution in [2.45, 2.75) is 19.3 Å². The first kappa shape index (κ1) is 21.7. The largest absolute Gasteiger partial charge is 0.478 e. The first-order valence-corrected chi connectivity index (χ1v) is 8.76. The Hall–Kier alpha value is -2.38. The normalized spacial score (nSPS) is 14.4. The first-order chi connectivity index (χ1) is 12.4. The van der Waals surface area contributed by atoms with Gasteiger partial charge in [0.1, 0.15) is 0 Å². The Balaban J connectivity index is 0.000000359. The molecule has 0 aliphatic carbocycles. The molecule has 1 aromatic carbocycles. The third kappa shape index (κ3) is 9.80. The van der Waals surface area contributed by atoms with E-state index in [4.69, 9.17) is 15.9 Å². The fraction of sp³-hybridized carbons (Fsp3) is 0.474. The smallest absolute Gasteiger partial charge is 0.328 e. The van der Waals surface area contributed by atoms with E-state index >= 15 is 0 Å². The number of likely N-dealkylation sites (N-methyl/N-ethyl adjacent to an activating group) is 1. The predicted octanol–water partition coefficient (Wildman–Crippen LogP) is 1.55. The Bertz CT molecular complexity index is 582. The number of anilines is 1. The zero-order valence-corrected chi connectivity index (χ0v) is 15.3. The Labute approximate surface area is 154 Å². The number of rotatable bonds is 8. The van der Waals surface area contributed by atoms with Gasteiger partial charge in [0.25, 0.3) is 0 Å². The van der Waals surface area contributed by atoms with Gasteiger partial charge in [0.15, 0.2) is 0 Å². The zero-order valence-electron chi connectivity index (χ0n) is 15.3. The maximum atomic E-state index is 9.55. The highest BCUT2D eigenvalue weighted by Gasteiger charge is 2.11. The summed E-state index contributed by atoms with van der Waals surface area (Å²) in [5.41, 5.74) is 8.14. The highest BCUT2D eigenvalue weighted by Crippen LogP contribution is 2.11. The van der Waals surface area contributed by atoms with Crippen molar-refractivity contribution in [1.29, 1.82) is 0 Å². The van der Waals surface area contributed by atoms with Crippen LogP contribution in [0.15, 0.2) is 36.4 Å². The molecule has 7 nitrogen and oxygen atoms in total. The molecular weight excluding hydrogens is 334 g/mol. The summed E-state index contributed by atoms with van der Waals surface area (Å²) in [5, 5.41) is 15.6. The van der Waals surface area contributed by atoms with E-state index in [0.717, 1.165) is 25.2 Å². The highest BCUT2D eigenvalue weighted by atomic mass is 16.4. The highest BCUT2D eigenvalue weighted by molar-refractivity contribution is 5.89. The fourth-order valence-corrected chi connectivity index (χ4v) is 2.65. The van der Waals surface area contributed by atoms with E-state index in [9.17, 15) is 9.59 Å². The molecule has 0 amide bonds. The molecule has 1 saturated heterocycles. The van der Waals surface area contributed by atoms with E-state index in [1.54, 1.807) is 0 Å². The van der Waals surface area contributed by atoms with Gasteiger partial charge in [-0.25, -0.2) is 9.59 Å². The second-order valence-corrected chi connectivity index (χ2v) is 6.31. The summed E-state index contributed by atoms with van der Waals surface area (Å²) in [6, 6.07) is 8.18. The maximum absolute atomic E-state index is 9.55. The van der Waals surface area contributed by atoms with Gasteiger partial charge in [-0.1, -0.05) is 18.2 Å². The second-order valence-electron chi connectivity index (χ2n) is 6.31. The summed E-state index contributed by atoms with van der Waals surface area (Å²) in [6.45, 7) is 6.04. The lowest BCUT2D eigenvalue weighted by Gasteiger charge is -2.21. The quantitative estimate of drug-likeness (QED) is 0.475. The van der Waals surface area contributed by atoms with E-state index in [0.29, 0.717) is 12.2 Å². The number of hydrogen-bond acceptors (Lipinski definition) is 5. The molecule has 4 N–H and O–H groups in total. The number of nitrogens with zero attached hydrogens (tertiary/aromatic N) is 2. The van der Waals surface area contributed by atoms with Crippen molar-refractivity contribution in [3.8, 4) is 0 Å². The minimum Gasteiger partial charge on any atom is -0.478 e. The zero-order chi connectivity index (χ0) is 19.4. The van der Waals surface area contributed by atoms with Crippen molar-refractivity contribution >= 4 is 17.6 Å². The standard InChI is InChI=1S/C15H25N3.C4H4O4/c1-17(12-13-18-9-4-5-10-18)11-8-14-6-2-3-7-15(14)16;5-3(6)1-2-4(7)8/h2-3,6-7H,4-5,8-13,16H2,1H3;1-2H,(H,5,6)(H,7,8)/b;2-1+. The van der Waals surface area contributed by atoms with Crippen molar-refractivity contribution in [3.05, 3.63) is 42.0 Å². The van der Waals surface area contributed by atoms with Crippen molar-refractivity contribution in [3.63, 3.8) is 0 Å². The van der Waals surface area contributed by atoms with Crippen LogP contribution in [0.1, 0.15) is 18.4 Å². The molecule has 144 valence electrons. The van der Waals surface area contributed by atoms with E-state index in [-0.39, 0.29) is 0 Å². The van der Waals surface area contributed by atoms with Crippen LogP contribution in [-0.4, -0.2) is 71.7 Å². The number of carboxylic acids is 2. The summed E-state index contributed by atoms with van der Waals surface area (Å²) in [5.74, 6) is -2.51. The average molecular weight is 363 g/mol. The van der Waals surface area contributed by atoms with Gasteiger partial charge >= 0.3 is 11.9 Å². The van der Waals surface area contributed by atoms with E-state index < -0.39 is 11.9 Å². The van der Waals surface area contributed by atoms with Gasteiger partial charge in [0.05, 0.1) is 0 Å². The van der Waals surface area contributed by atoms with Gasteiger partial charge < -0.3 is 25.7 Å². The van der Waals surface area contributed by atoms with Crippen LogP contribution in [0.3, 0.4) is 0 Å². The molecule has 0 unspecified atom stereocenters. The number of aliphatic carboxylic acids is 2. The number of benzene rings is 1. The van der Waals surface area contributed by atoms with Gasteiger partial charge in [-0.3, -0.25) is 0 Å². The fourth-order valence-electron chi connectivity index (χ4n) is 2.65. The van der Waals surface area contributed by atoms with Crippen LogP contribution >= 0.6 is 0 Å². The van der Waals surface area contributed by atoms with Crippen LogP contribution in [-0.2, 0) is 16.0 Å². The minimum absolute atomic E-state index is 0.558. The Morgan fingerprint density at radius 3 is 2.23 bits per heavy atom. The molecule has 7 heteroatoms. The van der Waals surface area contributed by atoms with Gasteiger partial charge in [-0.15, -0.1) is 0 Å². The molecule has 26 heavy (non-hydrogen) atoms. The minimum atomic E-state index is -1.26. The monoisotopic (exact) mass is 363 g/mol. The Morgan fingerprint density at radius 2 is 1.69 bits per heavy atom. The summed E-state index contributed by atoms with van der Waals surface area (Å²) >= 11 is 0. The molecule has 0 radical (unpaired) electrons. The molecule has 0 atom stereocenters. The van der Waals surface area contributed by atoms with Crippen molar-refractivity contribution in [2.75, 3.05) is 45.5 Å². The molecule has 2 rings (SSSR count). The average Bonchev–Trinajstić information content (AvgIpc) is 3.11. The topological polar surface area (TPSA) is 107 Å². The van der Waals surface area contributed by atoms with E-state index in [1.165, 1.54) is 38.0 Å². The van der Waals surface area contributed by atoms with Crippen LogP contribution in [0.25, 0.3) is 0 Å². The third-order valence-corrected chi connectivity index (χ3v) is 4.18. The number of carboxylic acid groups (broad SMARTS) is 2. The lowest BCUT2D eigenvalue weighted by Crippen LogP contribution is -2.32. The van der Waals surface area contributed by atoms with Crippen molar-refractivity contribution < 1.29 is 19.8 Å². The molecule has 0 spiro atoms. The first-order valence-electron chi connectivity index (χ1n) is 8.76. The molecule has 1 fully saturated rings. The van der Waals surface area contributed by atoms with Crippen LogP contribution < -0.4 is 5.73 Å². The van der Waals surface area contributed by atoms with Crippen molar-refractivity contribution in [2.24, 2.45) is 0 Å². The van der Waals surface area contributed by atoms with Gasteiger partial charge in [-0.05, 0) is 51.0 Å². The molecule has 1 heterocycles. The number of nitrogens with two attached hydrogens (primary N) is 1. The maximum Gasteiger partial charge on any atom is 0.328 e. The SMILES string of the molecule is CN(CCc1ccccc1N)CCN1CCCC1.O=C(O)/C=C/C(=O)O. The molecule has 1 aliphatic heterocycles. The van der Waals surface area contributed by atoms with Gasteiger partial charge in [-0.2, -0.15) is 0 Å². The molecule has 0 bridgehead atoms. The number of likely N-dealkylation sites (tertiary alicyclic amines) is 1. The van der Waals surface area contributed by atoms with Crippen LogP contribution in [0.5, 0.6) is 0 Å². The lowest BCUT2D eigenvalue weighted by molar-refractivity contribution is -0.134. The molecule has 1 aromatic rings. The summed E-state index contributed by atoms with van der Waals surface area (Å²) < 4.78 is 0. The number of para-hydroxylation sites is 1. The Kier molecular flexibility index (Phi) is 10.0. The van der Waals surface area contributed by atoms with Crippen molar-refractivity contribution in [1.82, 2.24) is 9.80 Å². The number of hydrogen-bond donors (Lipinski definition) is 3. The molecule has 0 aromatic heterocycles. The second kappa shape index (κ2) is 12.1. The van der Waals surface area contributed by atoms with Crippen LogP contribution in [0.2, 0.25) is 0 Å². The summed E-state index contributed by atoms with van der Waals surface area (Å²) in [7, 11) is 2.20. The predicted molar refractivity (Wildman–Crippen MR) is 102 cm³/mol. The van der Waals surface area contributed by atoms with Crippen LogP contribution in [0.4, 0.5) is 5.69 Å². The number of nitrogen functional groups attached to an aromatic ring is 1. The Morgan fingerprint density at radius 1 is 1.12 bits per heavy atom. The molecule has 1 aliphatic rings. The third-order valence-electron chi connectivity index (χ3n) is 4.18.